The van der Waals surface area contributed by atoms with Gasteiger partial charge in [0.1, 0.15) is 0 Å². The zero-order chi connectivity index (χ0) is 16.6. The number of rotatable bonds is 6. The van der Waals surface area contributed by atoms with Gasteiger partial charge in [-0.1, -0.05) is 18.2 Å². The molecular weight excluding hydrogens is 340 g/mol. The lowest BCUT2D eigenvalue weighted by atomic mass is 10.0. The van der Waals surface area contributed by atoms with Crippen molar-refractivity contribution in [2.45, 2.75) is 29.8 Å². The minimum Gasteiger partial charge on any atom is -0.296 e. The van der Waals surface area contributed by atoms with Crippen LogP contribution in [0.2, 0.25) is 0 Å². The van der Waals surface area contributed by atoms with Gasteiger partial charge >= 0.3 is 0 Å². The van der Waals surface area contributed by atoms with Crippen LogP contribution in [0.3, 0.4) is 0 Å². The first-order chi connectivity index (χ1) is 11.6. The Hall–Kier alpha value is -0.560. The molecule has 1 aromatic carbocycles. The van der Waals surface area contributed by atoms with Crippen LogP contribution in [0, 0.1) is 5.92 Å². The maximum Gasteiger partial charge on any atom is 0.153 e. The van der Waals surface area contributed by atoms with Crippen LogP contribution in [0.5, 0.6) is 0 Å². The highest BCUT2D eigenvalue weighted by atomic mass is 32.2. The zero-order valence-corrected chi connectivity index (χ0v) is 15.6. The second kappa shape index (κ2) is 6.98. The van der Waals surface area contributed by atoms with E-state index in [1.807, 2.05) is 17.8 Å². The van der Waals surface area contributed by atoms with Crippen LogP contribution in [0.4, 0.5) is 0 Å². The number of sulfone groups is 1. The first-order valence-electron chi connectivity index (χ1n) is 8.97. The van der Waals surface area contributed by atoms with Gasteiger partial charge in [-0.15, -0.1) is 11.8 Å². The van der Waals surface area contributed by atoms with Crippen molar-refractivity contribution < 1.29 is 8.42 Å². The van der Waals surface area contributed by atoms with Crippen LogP contribution in [-0.2, 0) is 9.84 Å². The van der Waals surface area contributed by atoms with Crippen molar-refractivity contribution in [2.75, 3.05) is 43.4 Å². The van der Waals surface area contributed by atoms with E-state index in [9.17, 15) is 8.42 Å². The molecule has 1 aliphatic carbocycles. The SMILES string of the molecule is O=S1(=O)C[C@@H]2[C@H](C1)N(CCSc1ccccc1)CCN2CC1CC1. The number of nitrogens with zero attached hydrogens (tertiary/aromatic N) is 2. The van der Waals surface area contributed by atoms with Crippen molar-refractivity contribution in [3.63, 3.8) is 0 Å². The van der Waals surface area contributed by atoms with Gasteiger partial charge in [0.2, 0.25) is 0 Å². The van der Waals surface area contributed by atoms with Crippen molar-refractivity contribution in [3.8, 4) is 0 Å². The van der Waals surface area contributed by atoms with Gasteiger partial charge in [0.05, 0.1) is 11.5 Å². The summed E-state index contributed by atoms with van der Waals surface area (Å²) >= 11 is 1.86. The summed E-state index contributed by atoms with van der Waals surface area (Å²) in [6, 6.07) is 10.9. The van der Waals surface area contributed by atoms with E-state index in [1.54, 1.807) is 0 Å². The molecule has 0 spiro atoms. The van der Waals surface area contributed by atoms with Crippen molar-refractivity contribution in [1.29, 1.82) is 0 Å². The topological polar surface area (TPSA) is 40.6 Å². The highest BCUT2D eigenvalue weighted by Gasteiger charge is 2.47. The van der Waals surface area contributed by atoms with E-state index < -0.39 is 9.84 Å². The molecule has 0 bridgehead atoms. The summed E-state index contributed by atoms with van der Waals surface area (Å²) in [5.41, 5.74) is 0. The number of fused-ring (bicyclic) bond motifs is 1. The molecule has 24 heavy (non-hydrogen) atoms. The summed E-state index contributed by atoms with van der Waals surface area (Å²) in [4.78, 5) is 6.21. The summed E-state index contributed by atoms with van der Waals surface area (Å²) in [6.45, 7) is 4.14. The number of thioether (sulfide) groups is 1. The summed E-state index contributed by atoms with van der Waals surface area (Å²) < 4.78 is 24.5. The molecule has 2 atom stereocenters. The largest absolute Gasteiger partial charge is 0.296 e. The predicted molar refractivity (Wildman–Crippen MR) is 99.3 cm³/mol. The average molecular weight is 367 g/mol. The lowest BCUT2D eigenvalue weighted by Gasteiger charge is -2.44. The Balaban J connectivity index is 1.37. The average Bonchev–Trinajstić information content (AvgIpc) is 3.31. The van der Waals surface area contributed by atoms with E-state index in [-0.39, 0.29) is 12.1 Å². The third kappa shape index (κ3) is 3.98. The van der Waals surface area contributed by atoms with Gasteiger partial charge in [-0.3, -0.25) is 9.80 Å². The second-order valence-electron chi connectivity index (χ2n) is 7.35. The maximum atomic E-state index is 12.2. The van der Waals surface area contributed by atoms with E-state index in [1.165, 1.54) is 17.7 Å². The van der Waals surface area contributed by atoms with Crippen LogP contribution >= 0.6 is 11.8 Å². The Bertz CT molecular complexity index is 661. The standard InChI is InChI=1S/C18H26N2O2S2/c21-24(22)13-17-18(14-24)20(12-15-6-7-15)9-8-19(17)10-11-23-16-4-2-1-3-5-16/h1-5,15,17-18H,6-14H2/t17-,18+/m0/s1. The maximum absolute atomic E-state index is 12.2. The van der Waals surface area contributed by atoms with E-state index in [4.69, 9.17) is 0 Å². The molecule has 2 heterocycles. The van der Waals surface area contributed by atoms with E-state index in [2.05, 4.69) is 34.1 Å². The molecule has 2 saturated heterocycles. The third-order valence-corrected chi connectivity index (χ3v) is 8.18. The third-order valence-electron chi connectivity index (χ3n) is 5.49. The molecule has 4 rings (SSSR count). The number of hydrogen-bond acceptors (Lipinski definition) is 5. The van der Waals surface area contributed by atoms with Gasteiger partial charge in [-0.2, -0.15) is 0 Å². The Morgan fingerprint density at radius 1 is 1.00 bits per heavy atom. The van der Waals surface area contributed by atoms with Gasteiger partial charge in [-0.05, 0) is 30.9 Å². The molecule has 3 aliphatic rings. The normalized spacial score (nSPS) is 30.3. The molecular formula is C18H26N2O2S2. The Kier molecular flexibility index (Phi) is 4.91. The molecule has 0 unspecified atom stereocenters. The van der Waals surface area contributed by atoms with E-state index >= 15 is 0 Å². The fourth-order valence-corrected chi connectivity index (χ4v) is 6.98. The highest BCUT2D eigenvalue weighted by molar-refractivity contribution is 7.99. The molecule has 0 N–H and O–H groups in total. The minimum absolute atomic E-state index is 0.207. The molecule has 0 aromatic heterocycles. The van der Waals surface area contributed by atoms with Crippen molar-refractivity contribution in [2.24, 2.45) is 5.92 Å². The molecule has 1 saturated carbocycles. The summed E-state index contributed by atoms with van der Waals surface area (Å²) in [5, 5.41) is 0. The van der Waals surface area contributed by atoms with Gasteiger partial charge in [0.25, 0.3) is 0 Å². The number of piperazine rings is 1. The fraction of sp³-hybridized carbons (Fsp3) is 0.667. The van der Waals surface area contributed by atoms with Crippen LogP contribution in [0.15, 0.2) is 35.2 Å². The Morgan fingerprint density at radius 3 is 2.38 bits per heavy atom. The van der Waals surface area contributed by atoms with Crippen molar-refractivity contribution in [1.82, 2.24) is 9.80 Å². The number of benzene rings is 1. The molecule has 0 radical (unpaired) electrons. The van der Waals surface area contributed by atoms with Gasteiger partial charge < -0.3 is 0 Å². The molecule has 3 fully saturated rings. The highest BCUT2D eigenvalue weighted by Crippen LogP contribution is 2.34. The predicted octanol–water partition coefficient (Wildman–Crippen LogP) is 1.97. The van der Waals surface area contributed by atoms with Gasteiger partial charge in [-0.25, -0.2) is 8.42 Å². The molecule has 4 nitrogen and oxygen atoms in total. The van der Waals surface area contributed by atoms with Gasteiger partial charge in [0, 0.05) is 48.9 Å². The van der Waals surface area contributed by atoms with Crippen LogP contribution in [0.1, 0.15) is 12.8 Å². The van der Waals surface area contributed by atoms with Crippen LogP contribution in [-0.4, -0.2) is 73.7 Å². The summed E-state index contributed by atoms with van der Waals surface area (Å²) in [7, 11) is -2.88. The van der Waals surface area contributed by atoms with E-state index in [0.29, 0.717) is 11.5 Å². The first-order valence-corrected chi connectivity index (χ1v) is 11.8. The summed E-state index contributed by atoms with van der Waals surface area (Å²) in [6.07, 6.45) is 2.66. The van der Waals surface area contributed by atoms with Crippen molar-refractivity contribution in [3.05, 3.63) is 30.3 Å². The summed E-state index contributed by atoms with van der Waals surface area (Å²) in [5.74, 6) is 2.58. The molecule has 1 aromatic rings. The Labute approximate surface area is 149 Å². The number of hydrogen-bond donors (Lipinski definition) is 0. The smallest absolute Gasteiger partial charge is 0.153 e. The second-order valence-corrected chi connectivity index (χ2v) is 10.7. The molecule has 0 amide bonds. The fourth-order valence-electron chi connectivity index (χ4n) is 4.03. The minimum atomic E-state index is -2.88. The first kappa shape index (κ1) is 16.9. The molecule has 2 aliphatic heterocycles. The quantitative estimate of drug-likeness (QED) is 0.720. The lowest BCUT2D eigenvalue weighted by Crippen LogP contribution is -2.59. The molecule has 6 heteroatoms. The van der Waals surface area contributed by atoms with E-state index in [0.717, 1.165) is 37.8 Å². The van der Waals surface area contributed by atoms with Gasteiger partial charge in [0.15, 0.2) is 9.84 Å². The lowest BCUT2D eigenvalue weighted by molar-refractivity contribution is 0.0468. The van der Waals surface area contributed by atoms with Crippen molar-refractivity contribution >= 4 is 21.6 Å². The Morgan fingerprint density at radius 2 is 1.67 bits per heavy atom. The zero-order valence-electron chi connectivity index (χ0n) is 14.0. The molecule has 132 valence electrons. The van der Waals surface area contributed by atoms with Crippen LogP contribution < -0.4 is 0 Å². The monoisotopic (exact) mass is 366 g/mol. The van der Waals surface area contributed by atoms with Crippen LogP contribution in [0.25, 0.3) is 0 Å².